The van der Waals surface area contributed by atoms with Crippen LogP contribution < -0.4 is 10.3 Å². The molecule has 0 N–H and O–H groups in total. The Bertz CT molecular complexity index is 978. The summed E-state index contributed by atoms with van der Waals surface area (Å²) in [6.45, 7) is 3.97. The van der Waals surface area contributed by atoms with Crippen LogP contribution in [0.4, 0.5) is 0 Å². The molecular weight excluding hydrogens is 392 g/mol. The van der Waals surface area contributed by atoms with E-state index in [1.807, 2.05) is 43.3 Å². The Hall–Kier alpha value is -2.40. The van der Waals surface area contributed by atoms with E-state index in [4.69, 9.17) is 4.74 Å². The predicted molar refractivity (Wildman–Crippen MR) is 108 cm³/mol. The van der Waals surface area contributed by atoms with Crippen LogP contribution in [0.2, 0.25) is 0 Å². The van der Waals surface area contributed by atoms with Crippen molar-refractivity contribution in [2.75, 3.05) is 7.11 Å². The minimum absolute atomic E-state index is 0.137. The van der Waals surface area contributed by atoms with Gasteiger partial charge in [-0.15, -0.1) is 0 Å². The first kappa shape index (κ1) is 18.4. The number of benzene rings is 2. The van der Waals surface area contributed by atoms with E-state index in [1.165, 1.54) is 5.56 Å². The van der Waals surface area contributed by atoms with Crippen molar-refractivity contribution in [1.82, 2.24) is 9.55 Å². The van der Waals surface area contributed by atoms with Crippen molar-refractivity contribution in [2.24, 2.45) is 0 Å². The van der Waals surface area contributed by atoms with Gasteiger partial charge in [0.2, 0.25) is 0 Å². The topological polar surface area (TPSA) is 44.1 Å². The Morgan fingerprint density at radius 2 is 1.81 bits per heavy atom. The highest BCUT2D eigenvalue weighted by Crippen LogP contribution is 2.30. The van der Waals surface area contributed by atoms with Gasteiger partial charge in [-0.25, -0.2) is 4.98 Å². The van der Waals surface area contributed by atoms with Crippen LogP contribution in [-0.4, -0.2) is 16.7 Å². The van der Waals surface area contributed by atoms with Gasteiger partial charge in [-0.1, -0.05) is 37.6 Å². The smallest absolute Gasteiger partial charge is 0.272 e. The molecule has 1 heterocycles. The molecule has 3 rings (SSSR count). The Balaban J connectivity index is 2.27. The molecule has 3 aromatic rings. The fraction of sp³-hybridized carbons (Fsp3) is 0.238. The zero-order chi connectivity index (χ0) is 18.7. The number of hydrogen-bond acceptors (Lipinski definition) is 3. The van der Waals surface area contributed by atoms with Crippen molar-refractivity contribution in [1.29, 1.82) is 0 Å². The quantitative estimate of drug-likeness (QED) is 0.596. The third kappa shape index (κ3) is 3.44. The van der Waals surface area contributed by atoms with Gasteiger partial charge in [-0.3, -0.25) is 9.36 Å². The first-order valence-corrected chi connectivity index (χ1v) is 9.38. The van der Waals surface area contributed by atoms with Gasteiger partial charge in [0.1, 0.15) is 10.2 Å². The largest absolute Gasteiger partial charge is 0.496 e. The summed E-state index contributed by atoms with van der Waals surface area (Å²) in [6.07, 6.45) is 2.10. The predicted octanol–water partition coefficient (Wildman–Crippen LogP) is 4.93. The van der Waals surface area contributed by atoms with E-state index in [-0.39, 0.29) is 5.56 Å². The lowest BCUT2D eigenvalue weighted by atomic mass is 10.1. The van der Waals surface area contributed by atoms with E-state index in [2.05, 4.69) is 40.0 Å². The van der Waals surface area contributed by atoms with E-state index in [0.717, 1.165) is 24.1 Å². The van der Waals surface area contributed by atoms with Gasteiger partial charge in [0.05, 0.1) is 24.1 Å². The number of halogens is 1. The minimum Gasteiger partial charge on any atom is -0.496 e. The van der Waals surface area contributed by atoms with Gasteiger partial charge in [0.15, 0.2) is 5.82 Å². The molecule has 5 heteroatoms. The highest BCUT2D eigenvalue weighted by molar-refractivity contribution is 9.10. The lowest BCUT2D eigenvalue weighted by Crippen LogP contribution is -2.23. The first-order chi connectivity index (χ1) is 12.6. The maximum Gasteiger partial charge on any atom is 0.272 e. The zero-order valence-corrected chi connectivity index (χ0v) is 16.7. The average molecular weight is 413 g/mol. The average Bonchev–Trinajstić information content (AvgIpc) is 2.67. The van der Waals surface area contributed by atoms with Crippen molar-refractivity contribution in [3.8, 4) is 22.8 Å². The normalized spacial score (nSPS) is 10.8. The van der Waals surface area contributed by atoms with Crippen molar-refractivity contribution in [3.05, 3.63) is 74.6 Å². The number of hydrogen-bond donors (Lipinski definition) is 0. The van der Waals surface area contributed by atoms with Crippen LogP contribution in [0.15, 0.2) is 57.8 Å². The molecule has 0 radical (unpaired) electrons. The molecule has 0 aliphatic carbocycles. The highest BCUT2D eigenvalue weighted by atomic mass is 79.9. The lowest BCUT2D eigenvalue weighted by molar-refractivity contribution is 0.416. The van der Waals surface area contributed by atoms with Crippen molar-refractivity contribution in [2.45, 2.75) is 26.7 Å². The first-order valence-electron chi connectivity index (χ1n) is 8.58. The maximum atomic E-state index is 13.0. The Morgan fingerprint density at radius 1 is 1.12 bits per heavy atom. The second-order valence-electron chi connectivity index (χ2n) is 6.09. The monoisotopic (exact) mass is 412 g/mol. The van der Waals surface area contributed by atoms with Crippen molar-refractivity contribution < 1.29 is 4.74 Å². The van der Waals surface area contributed by atoms with Gasteiger partial charge in [-0.05, 0) is 59.1 Å². The van der Waals surface area contributed by atoms with E-state index < -0.39 is 0 Å². The summed E-state index contributed by atoms with van der Waals surface area (Å²) < 4.78 is 7.58. The van der Waals surface area contributed by atoms with Crippen LogP contribution >= 0.6 is 15.9 Å². The van der Waals surface area contributed by atoms with Crippen LogP contribution in [0.3, 0.4) is 0 Å². The van der Waals surface area contributed by atoms with Crippen molar-refractivity contribution in [3.63, 3.8) is 0 Å². The van der Waals surface area contributed by atoms with Crippen LogP contribution in [-0.2, 0) is 6.42 Å². The Kier molecular flexibility index (Phi) is 5.57. The number of rotatable bonds is 5. The molecule has 4 nitrogen and oxygen atoms in total. The van der Waals surface area contributed by atoms with Gasteiger partial charge in [-0.2, -0.15) is 0 Å². The van der Waals surface area contributed by atoms with Crippen molar-refractivity contribution >= 4 is 15.9 Å². The number of ether oxygens (including phenoxy) is 1. The number of methoxy groups -OCH3 is 1. The van der Waals surface area contributed by atoms with Crippen LogP contribution in [0, 0.1) is 6.92 Å². The summed E-state index contributed by atoms with van der Waals surface area (Å²) in [5.41, 5.74) is 3.32. The van der Waals surface area contributed by atoms with E-state index in [0.29, 0.717) is 21.7 Å². The molecule has 0 atom stereocenters. The summed E-state index contributed by atoms with van der Waals surface area (Å²) in [7, 11) is 1.62. The van der Waals surface area contributed by atoms with Crippen LogP contribution in [0.1, 0.15) is 24.6 Å². The number of para-hydroxylation sites is 1. The summed E-state index contributed by atoms with van der Waals surface area (Å²) >= 11 is 3.38. The van der Waals surface area contributed by atoms with Gasteiger partial charge < -0.3 is 4.74 Å². The SMILES string of the molecule is CCCc1ccc(-n2c(-c3ccccc3OC)nc(C)c(Br)c2=O)cc1. The Morgan fingerprint density at radius 3 is 2.46 bits per heavy atom. The molecule has 26 heavy (non-hydrogen) atoms. The standard InChI is InChI=1S/C21H21BrN2O2/c1-4-7-15-10-12-16(13-11-15)24-20(23-14(2)19(22)21(24)25)17-8-5-6-9-18(17)26-3/h5-6,8-13H,4,7H2,1-3H3. The van der Waals surface area contributed by atoms with E-state index in [9.17, 15) is 4.79 Å². The second kappa shape index (κ2) is 7.87. The van der Waals surface area contributed by atoms with E-state index >= 15 is 0 Å². The maximum absolute atomic E-state index is 13.0. The molecule has 2 aromatic carbocycles. The molecule has 0 bridgehead atoms. The molecule has 134 valence electrons. The summed E-state index contributed by atoms with van der Waals surface area (Å²) in [6, 6.07) is 15.6. The summed E-state index contributed by atoms with van der Waals surface area (Å²) in [5.74, 6) is 1.24. The molecule has 0 amide bonds. The van der Waals surface area contributed by atoms with Gasteiger partial charge in [0.25, 0.3) is 5.56 Å². The summed E-state index contributed by atoms with van der Waals surface area (Å²) in [4.78, 5) is 17.7. The molecule has 1 aromatic heterocycles. The van der Waals surface area contributed by atoms with Gasteiger partial charge in [0, 0.05) is 0 Å². The van der Waals surface area contributed by atoms with Gasteiger partial charge >= 0.3 is 0 Å². The van der Waals surface area contributed by atoms with E-state index in [1.54, 1.807) is 11.7 Å². The zero-order valence-electron chi connectivity index (χ0n) is 15.1. The van der Waals surface area contributed by atoms with Crippen LogP contribution in [0.5, 0.6) is 5.75 Å². The molecule has 0 aliphatic rings. The molecular formula is C21H21BrN2O2. The third-order valence-corrected chi connectivity index (χ3v) is 5.19. The molecule has 0 spiro atoms. The number of aryl methyl sites for hydroxylation is 2. The molecule has 0 saturated carbocycles. The number of nitrogens with zero attached hydrogens (tertiary/aromatic N) is 2. The second-order valence-corrected chi connectivity index (χ2v) is 6.89. The highest BCUT2D eigenvalue weighted by Gasteiger charge is 2.18. The Labute approximate surface area is 161 Å². The lowest BCUT2D eigenvalue weighted by Gasteiger charge is -2.16. The summed E-state index contributed by atoms with van der Waals surface area (Å²) in [5, 5.41) is 0. The molecule has 0 saturated heterocycles. The number of aromatic nitrogens is 2. The molecule has 0 aliphatic heterocycles. The molecule has 0 fully saturated rings. The fourth-order valence-electron chi connectivity index (χ4n) is 2.96. The van der Waals surface area contributed by atoms with Crippen LogP contribution in [0.25, 0.3) is 17.1 Å². The third-order valence-electron chi connectivity index (χ3n) is 4.28. The molecule has 0 unspecified atom stereocenters. The fourth-order valence-corrected chi connectivity index (χ4v) is 3.22. The minimum atomic E-state index is -0.137.